The predicted octanol–water partition coefficient (Wildman–Crippen LogP) is 0.991. The molecule has 0 unspecified atom stereocenters. The van der Waals surface area contributed by atoms with E-state index in [1.807, 2.05) is 29.2 Å². The number of anilines is 1. The molecule has 0 atom stereocenters. The number of thioether (sulfide) groups is 1. The highest BCUT2D eigenvalue weighted by Gasteiger charge is 2.22. The van der Waals surface area contributed by atoms with Crippen LogP contribution in [0, 0.1) is 0 Å². The molecule has 0 saturated carbocycles. The van der Waals surface area contributed by atoms with Crippen LogP contribution in [0.25, 0.3) is 11.4 Å². The maximum Gasteiger partial charge on any atom is 0.257 e. The molecular weight excluding hydrogens is 454 g/mol. The zero-order chi connectivity index (χ0) is 23.5. The number of benzene rings is 1. The van der Waals surface area contributed by atoms with E-state index in [0.29, 0.717) is 24.5 Å². The molecule has 0 radical (unpaired) electrons. The first kappa shape index (κ1) is 22.0. The first-order chi connectivity index (χ1) is 16.6. The van der Waals surface area contributed by atoms with Gasteiger partial charge in [0.25, 0.3) is 11.5 Å². The van der Waals surface area contributed by atoms with Crippen LogP contribution >= 0.6 is 11.8 Å². The van der Waals surface area contributed by atoms with E-state index in [-0.39, 0.29) is 30.5 Å². The van der Waals surface area contributed by atoms with E-state index in [1.165, 1.54) is 6.07 Å². The largest absolute Gasteiger partial charge is 0.359 e. The van der Waals surface area contributed by atoms with Crippen molar-refractivity contribution in [3.05, 3.63) is 75.8 Å². The highest BCUT2D eigenvalue weighted by atomic mass is 32.2. The van der Waals surface area contributed by atoms with E-state index in [9.17, 15) is 14.4 Å². The number of allylic oxidation sites excluding steroid dienone is 1. The lowest BCUT2D eigenvalue weighted by Gasteiger charge is -2.30. The molecular formula is C23H23N7O3S. The van der Waals surface area contributed by atoms with E-state index in [0.717, 1.165) is 28.5 Å². The number of nitrogens with zero attached hydrogens (tertiary/aromatic N) is 5. The van der Waals surface area contributed by atoms with Gasteiger partial charge in [-0.1, -0.05) is 17.4 Å². The molecule has 1 aromatic carbocycles. The molecule has 0 spiro atoms. The zero-order valence-electron chi connectivity index (χ0n) is 18.3. The van der Waals surface area contributed by atoms with Crippen LogP contribution in [0.4, 0.5) is 5.69 Å². The van der Waals surface area contributed by atoms with Gasteiger partial charge in [-0.15, -0.1) is 16.9 Å². The molecule has 3 aromatic rings. The van der Waals surface area contributed by atoms with Crippen LogP contribution in [0.5, 0.6) is 0 Å². The molecule has 2 amide bonds. The number of nitrogens with one attached hydrogen (secondary N) is 2. The number of rotatable bonds is 6. The molecule has 4 heterocycles. The Bertz CT molecular complexity index is 1330. The van der Waals surface area contributed by atoms with Crippen LogP contribution in [0.2, 0.25) is 0 Å². The van der Waals surface area contributed by atoms with Crippen LogP contribution in [0.15, 0.2) is 64.6 Å². The molecule has 2 aliphatic rings. The lowest BCUT2D eigenvalue weighted by atomic mass is 10.2. The Labute approximate surface area is 199 Å². The maximum absolute atomic E-state index is 12.4. The minimum absolute atomic E-state index is 0.0689. The van der Waals surface area contributed by atoms with Crippen LogP contribution in [-0.4, -0.2) is 56.8 Å². The van der Waals surface area contributed by atoms with Crippen LogP contribution < -0.4 is 21.1 Å². The van der Waals surface area contributed by atoms with Gasteiger partial charge in [0.2, 0.25) is 5.91 Å². The van der Waals surface area contributed by atoms with Crippen molar-refractivity contribution < 1.29 is 9.59 Å². The average molecular weight is 478 g/mol. The van der Waals surface area contributed by atoms with Crippen molar-refractivity contribution in [2.75, 3.05) is 30.3 Å². The average Bonchev–Trinajstić information content (AvgIpc) is 3.55. The number of hydrogen-bond donors (Lipinski definition) is 2. The molecule has 0 bridgehead atoms. The quantitative estimate of drug-likeness (QED) is 0.544. The first-order valence-electron chi connectivity index (χ1n) is 10.9. The second kappa shape index (κ2) is 9.56. The predicted molar refractivity (Wildman–Crippen MR) is 129 cm³/mol. The van der Waals surface area contributed by atoms with Crippen molar-refractivity contribution in [1.29, 1.82) is 0 Å². The van der Waals surface area contributed by atoms with E-state index in [4.69, 9.17) is 0 Å². The molecule has 2 aliphatic heterocycles. The fourth-order valence-corrected chi connectivity index (χ4v) is 4.82. The number of carbonyl (C=O) groups excluding carboxylic acids is 2. The number of piperazine rings is 1. The molecule has 1 saturated heterocycles. The third-order valence-electron chi connectivity index (χ3n) is 5.59. The monoisotopic (exact) mass is 477 g/mol. The fraction of sp³-hybridized carbons (Fsp3) is 0.261. The van der Waals surface area contributed by atoms with Crippen LogP contribution in [0.1, 0.15) is 12.1 Å². The highest BCUT2D eigenvalue weighted by molar-refractivity contribution is 8.04. The number of pyridine rings is 1. The summed E-state index contributed by atoms with van der Waals surface area (Å²) >= 11 is 1.55. The maximum atomic E-state index is 12.4. The second-order valence-corrected chi connectivity index (χ2v) is 9.03. The summed E-state index contributed by atoms with van der Waals surface area (Å²) in [6.45, 7) is 1.60. The Morgan fingerprint density at radius 1 is 1.18 bits per heavy atom. The van der Waals surface area contributed by atoms with E-state index in [2.05, 4.69) is 20.9 Å². The topological polar surface area (TPSA) is 114 Å². The number of carbonyl (C=O) groups is 2. The normalized spacial score (nSPS) is 15.7. The molecule has 1 fully saturated rings. The lowest BCUT2D eigenvalue weighted by molar-refractivity contribution is -0.120. The zero-order valence-corrected chi connectivity index (χ0v) is 19.1. The van der Waals surface area contributed by atoms with Gasteiger partial charge in [-0.3, -0.25) is 19.0 Å². The Morgan fingerprint density at radius 3 is 2.88 bits per heavy atom. The first-order valence-corrected chi connectivity index (χ1v) is 11.9. The molecule has 2 N–H and O–H groups in total. The molecule has 11 heteroatoms. The van der Waals surface area contributed by atoms with Crippen molar-refractivity contribution in [3.63, 3.8) is 0 Å². The van der Waals surface area contributed by atoms with Crippen molar-refractivity contribution in [2.24, 2.45) is 0 Å². The van der Waals surface area contributed by atoms with Gasteiger partial charge in [0.15, 0.2) is 0 Å². The molecule has 2 aromatic heterocycles. The van der Waals surface area contributed by atoms with E-state index >= 15 is 0 Å². The lowest BCUT2D eigenvalue weighted by Crippen LogP contribution is -2.48. The Kier molecular flexibility index (Phi) is 6.17. The Balaban J connectivity index is 1.44. The SMILES string of the molecule is O=C1CN(c2cc(-n3ccccc3=O)ccc2-n2cc(CNC(=O)C3=CCCS3)nn2)CCN1. The third-order valence-corrected chi connectivity index (χ3v) is 6.69. The minimum atomic E-state index is -0.146. The van der Waals surface area contributed by atoms with Crippen LogP contribution in [-0.2, 0) is 16.1 Å². The van der Waals surface area contributed by atoms with Gasteiger partial charge in [-0.25, -0.2) is 4.68 Å². The Hall–Kier alpha value is -3.86. The van der Waals surface area contributed by atoms with Gasteiger partial charge in [-0.2, -0.15) is 0 Å². The summed E-state index contributed by atoms with van der Waals surface area (Å²) < 4.78 is 3.18. The van der Waals surface area contributed by atoms with E-state index < -0.39 is 0 Å². The van der Waals surface area contributed by atoms with Crippen molar-refractivity contribution >= 4 is 29.3 Å². The standard InChI is InChI=1S/C23H23N7O3S/c31-21-15-28(10-8-24-21)19-12-17(29-9-2-1-5-22(29)32)6-7-18(19)30-14-16(26-27-30)13-25-23(33)20-4-3-11-34-20/h1-2,4-7,9,12,14H,3,8,10-11,13,15H2,(H,24,31)(H,25,33). The fourth-order valence-electron chi connectivity index (χ4n) is 3.92. The van der Waals surface area contributed by atoms with Crippen LogP contribution in [0.3, 0.4) is 0 Å². The van der Waals surface area contributed by atoms with Gasteiger partial charge in [0, 0.05) is 31.1 Å². The molecule has 0 aliphatic carbocycles. The summed E-state index contributed by atoms with van der Waals surface area (Å²) in [5, 5.41) is 14.2. The Morgan fingerprint density at radius 2 is 2.09 bits per heavy atom. The summed E-state index contributed by atoms with van der Waals surface area (Å²) in [6.07, 6.45) is 6.32. The van der Waals surface area contributed by atoms with Gasteiger partial charge in [-0.05, 0) is 30.7 Å². The third kappa shape index (κ3) is 4.60. The second-order valence-electron chi connectivity index (χ2n) is 7.90. The molecule has 174 valence electrons. The summed E-state index contributed by atoms with van der Waals surface area (Å²) in [7, 11) is 0. The highest BCUT2D eigenvalue weighted by Crippen LogP contribution is 2.28. The van der Waals surface area contributed by atoms with Gasteiger partial charge in [0.1, 0.15) is 5.69 Å². The number of hydrogen-bond acceptors (Lipinski definition) is 7. The number of aromatic nitrogens is 4. The summed E-state index contributed by atoms with van der Waals surface area (Å²) in [5.74, 6) is 0.761. The van der Waals surface area contributed by atoms with Gasteiger partial charge < -0.3 is 15.5 Å². The molecule has 5 rings (SSSR count). The summed E-state index contributed by atoms with van der Waals surface area (Å²) in [4.78, 5) is 39.4. The van der Waals surface area contributed by atoms with Crippen molar-refractivity contribution in [3.8, 4) is 11.4 Å². The number of amides is 2. The minimum Gasteiger partial charge on any atom is -0.359 e. The molecule has 10 nitrogen and oxygen atoms in total. The summed E-state index contributed by atoms with van der Waals surface area (Å²) in [6, 6.07) is 10.6. The molecule has 34 heavy (non-hydrogen) atoms. The van der Waals surface area contributed by atoms with E-state index in [1.54, 1.807) is 45.5 Å². The summed E-state index contributed by atoms with van der Waals surface area (Å²) in [5.41, 5.74) is 2.64. The van der Waals surface area contributed by atoms with Crippen molar-refractivity contribution in [2.45, 2.75) is 13.0 Å². The van der Waals surface area contributed by atoms with Gasteiger partial charge >= 0.3 is 0 Å². The smallest absolute Gasteiger partial charge is 0.257 e. The van der Waals surface area contributed by atoms with Crippen molar-refractivity contribution in [1.82, 2.24) is 30.2 Å². The van der Waals surface area contributed by atoms with Gasteiger partial charge in [0.05, 0.1) is 41.3 Å².